The molecule has 0 radical (unpaired) electrons. The zero-order valence-electron chi connectivity index (χ0n) is 12.4. The first-order valence-corrected chi connectivity index (χ1v) is 9.37. The van der Waals surface area contributed by atoms with Gasteiger partial charge in [-0.25, -0.2) is 0 Å². The van der Waals surface area contributed by atoms with Gasteiger partial charge in [0.25, 0.3) is 0 Å². The maximum absolute atomic E-state index is 12.9. The molecule has 0 spiro atoms. The molecular formula is C16H24BrNOS. The minimum atomic E-state index is -0.929. The van der Waals surface area contributed by atoms with Gasteiger partial charge >= 0.3 is 0 Å². The average molecular weight is 358 g/mol. The second-order valence-corrected chi connectivity index (χ2v) is 8.59. The van der Waals surface area contributed by atoms with Crippen molar-refractivity contribution in [1.82, 2.24) is 5.32 Å². The lowest BCUT2D eigenvalue weighted by Gasteiger charge is -2.37. The second kappa shape index (κ2) is 7.19. The molecule has 1 saturated carbocycles. The average Bonchev–Trinajstić information content (AvgIpc) is 2.46. The highest BCUT2D eigenvalue weighted by atomic mass is 79.9. The summed E-state index contributed by atoms with van der Waals surface area (Å²) >= 11 is 3.43. The SMILES string of the molecule is CNC1CCC(C(C)C)CC1S(=O)c1ccc(Br)cc1. The molecule has 0 aliphatic heterocycles. The summed E-state index contributed by atoms with van der Waals surface area (Å²) in [6, 6.07) is 8.28. The van der Waals surface area contributed by atoms with Crippen LogP contribution in [0.2, 0.25) is 0 Å². The number of rotatable bonds is 4. The molecule has 4 atom stereocenters. The van der Waals surface area contributed by atoms with Gasteiger partial charge in [-0.3, -0.25) is 4.21 Å². The second-order valence-electron chi connectivity index (χ2n) is 6.00. The Morgan fingerprint density at radius 1 is 1.25 bits per heavy atom. The third kappa shape index (κ3) is 3.71. The predicted octanol–water partition coefficient (Wildman–Crippen LogP) is 3.97. The van der Waals surface area contributed by atoms with E-state index in [-0.39, 0.29) is 5.25 Å². The Kier molecular flexibility index (Phi) is 5.82. The van der Waals surface area contributed by atoms with Crippen molar-refractivity contribution in [2.45, 2.75) is 49.3 Å². The summed E-state index contributed by atoms with van der Waals surface area (Å²) < 4.78 is 13.9. The van der Waals surface area contributed by atoms with Crippen LogP contribution < -0.4 is 5.32 Å². The fraction of sp³-hybridized carbons (Fsp3) is 0.625. The molecule has 4 unspecified atom stereocenters. The van der Waals surface area contributed by atoms with Crippen LogP contribution in [0.3, 0.4) is 0 Å². The van der Waals surface area contributed by atoms with Gasteiger partial charge in [0, 0.05) is 15.4 Å². The first kappa shape index (κ1) is 16.2. The summed E-state index contributed by atoms with van der Waals surface area (Å²) in [5.74, 6) is 1.38. The van der Waals surface area contributed by atoms with Crippen molar-refractivity contribution in [3.05, 3.63) is 28.7 Å². The monoisotopic (exact) mass is 357 g/mol. The van der Waals surface area contributed by atoms with E-state index >= 15 is 0 Å². The van der Waals surface area contributed by atoms with E-state index < -0.39 is 10.8 Å². The lowest BCUT2D eigenvalue weighted by Crippen LogP contribution is -2.45. The Morgan fingerprint density at radius 3 is 2.45 bits per heavy atom. The molecule has 1 aliphatic carbocycles. The summed E-state index contributed by atoms with van der Waals surface area (Å²) in [6.45, 7) is 4.56. The Bertz CT molecular complexity index is 460. The van der Waals surface area contributed by atoms with Crippen LogP contribution in [0.1, 0.15) is 33.1 Å². The lowest BCUT2D eigenvalue weighted by molar-refractivity contribution is 0.249. The maximum atomic E-state index is 12.9. The predicted molar refractivity (Wildman–Crippen MR) is 89.4 cm³/mol. The summed E-state index contributed by atoms with van der Waals surface area (Å²) in [6.07, 6.45) is 3.44. The molecule has 1 aromatic carbocycles. The molecule has 1 N–H and O–H groups in total. The number of hydrogen-bond donors (Lipinski definition) is 1. The molecule has 2 nitrogen and oxygen atoms in total. The van der Waals surface area contributed by atoms with E-state index in [9.17, 15) is 4.21 Å². The number of nitrogens with one attached hydrogen (secondary N) is 1. The number of halogens is 1. The molecule has 112 valence electrons. The van der Waals surface area contributed by atoms with Gasteiger partial charge in [0.1, 0.15) is 0 Å². The van der Waals surface area contributed by atoms with Crippen molar-refractivity contribution in [3.63, 3.8) is 0 Å². The van der Waals surface area contributed by atoms with E-state index in [2.05, 4.69) is 35.1 Å². The number of benzene rings is 1. The zero-order valence-corrected chi connectivity index (χ0v) is 14.8. The third-order valence-electron chi connectivity index (χ3n) is 4.47. The lowest BCUT2D eigenvalue weighted by atomic mass is 9.79. The van der Waals surface area contributed by atoms with E-state index in [0.29, 0.717) is 17.9 Å². The van der Waals surface area contributed by atoms with Crippen LogP contribution >= 0.6 is 15.9 Å². The van der Waals surface area contributed by atoms with Crippen molar-refractivity contribution >= 4 is 26.7 Å². The minimum absolute atomic E-state index is 0.224. The van der Waals surface area contributed by atoms with Crippen molar-refractivity contribution in [2.75, 3.05) is 7.05 Å². The fourth-order valence-electron chi connectivity index (χ4n) is 3.08. The quantitative estimate of drug-likeness (QED) is 0.883. The summed E-state index contributed by atoms with van der Waals surface area (Å²) in [4.78, 5) is 0.947. The smallest absolute Gasteiger partial charge is 0.0576 e. The summed E-state index contributed by atoms with van der Waals surface area (Å²) in [5, 5.41) is 3.60. The molecular weight excluding hydrogens is 334 g/mol. The molecule has 20 heavy (non-hydrogen) atoms. The highest BCUT2D eigenvalue weighted by Gasteiger charge is 2.35. The molecule has 0 heterocycles. The molecule has 0 saturated heterocycles. The molecule has 2 rings (SSSR count). The van der Waals surface area contributed by atoms with Crippen LogP contribution in [0.4, 0.5) is 0 Å². The van der Waals surface area contributed by atoms with Gasteiger partial charge in [-0.05, 0) is 62.4 Å². The van der Waals surface area contributed by atoms with Crippen LogP contribution in [0.5, 0.6) is 0 Å². The van der Waals surface area contributed by atoms with E-state index in [1.54, 1.807) is 0 Å². The first-order chi connectivity index (χ1) is 9.52. The van der Waals surface area contributed by atoms with Crippen LogP contribution in [0.15, 0.2) is 33.6 Å². The van der Waals surface area contributed by atoms with Gasteiger partial charge in [-0.2, -0.15) is 0 Å². The minimum Gasteiger partial charge on any atom is -0.316 e. The van der Waals surface area contributed by atoms with Gasteiger partial charge in [0.05, 0.1) is 16.0 Å². The molecule has 1 aliphatic rings. The largest absolute Gasteiger partial charge is 0.316 e. The van der Waals surface area contributed by atoms with Crippen LogP contribution in [0, 0.1) is 11.8 Å². The fourth-order valence-corrected chi connectivity index (χ4v) is 5.09. The molecule has 0 aromatic heterocycles. The topological polar surface area (TPSA) is 29.1 Å². The van der Waals surface area contributed by atoms with Gasteiger partial charge in [-0.1, -0.05) is 29.8 Å². The van der Waals surface area contributed by atoms with Gasteiger partial charge in [-0.15, -0.1) is 0 Å². The van der Waals surface area contributed by atoms with Crippen LogP contribution in [-0.2, 0) is 10.8 Å². The summed E-state index contributed by atoms with van der Waals surface area (Å²) in [5.41, 5.74) is 0. The van der Waals surface area contributed by atoms with Crippen molar-refractivity contribution in [2.24, 2.45) is 11.8 Å². The normalized spacial score (nSPS) is 28.6. The van der Waals surface area contributed by atoms with Crippen LogP contribution in [-0.4, -0.2) is 22.5 Å². The van der Waals surface area contributed by atoms with Crippen molar-refractivity contribution < 1.29 is 4.21 Å². The van der Waals surface area contributed by atoms with E-state index in [1.165, 1.54) is 6.42 Å². The van der Waals surface area contributed by atoms with Crippen LogP contribution in [0.25, 0.3) is 0 Å². The maximum Gasteiger partial charge on any atom is 0.0576 e. The summed E-state index contributed by atoms with van der Waals surface area (Å²) in [7, 11) is 1.06. The highest BCUT2D eigenvalue weighted by Crippen LogP contribution is 2.34. The zero-order chi connectivity index (χ0) is 14.7. The Hall–Kier alpha value is -0.190. The van der Waals surface area contributed by atoms with Crippen molar-refractivity contribution in [1.29, 1.82) is 0 Å². The van der Waals surface area contributed by atoms with Gasteiger partial charge in [0.2, 0.25) is 0 Å². The van der Waals surface area contributed by atoms with E-state index in [1.807, 2.05) is 31.3 Å². The Labute approximate surface area is 133 Å². The molecule has 0 bridgehead atoms. The Balaban J connectivity index is 2.17. The molecule has 1 fully saturated rings. The van der Waals surface area contributed by atoms with E-state index in [0.717, 1.165) is 22.2 Å². The molecule has 0 amide bonds. The number of hydrogen-bond acceptors (Lipinski definition) is 2. The molecule has 1 aromatic rings. The first-order valence-electron chi connectivity index (χ1n) is 7.36. The molecule has 4 heteroatoms. The van der Waals surface area contributed by atoms with Crippen molar-refractivity contribution in [3.8, 4) is 0 Å². The Morgan fingerprint density at radius 2 is 1.90 bits per heavy atom. The third-order valence-corrected chi connectivity index (χ3v) is 6.80. The van der Waals surface area contributed by atoms with Gasteiger partial charge < -0.3 is 5.32 Å². The van der Waals surface area contributed by atoms with Gasteiger partial charge in [0.15, 0.2) is 0 Å². The van der Waals surface area contributed by atoms with E-state index in [4.69, 9.17) is 0 Å². The highest BCUT2D eigenvalue weighted by molar-refractivity contribution is 9.10. The standard InChI is InChI=1S/C16H24BrNOS/c1-11(2)12-4-9-15(18-3)16(10-12)20(19)14-7-5-13(17)6-8-14/h5-8,11-12,15-16,18H,4,9-10H2,1-3H3.